The van der Waals surface area contributed by atoms with Crippen molar-refractivity contribution < 1.29 is 0 Å². The molecule has 2 aromatic rings. The van der Waals surface area contributed by atoms with Gasteiger partial charge in [-0.2, -0.15) is 0 Å². The summed E-state index contributed by atoms with van der Waals surface area (Å²) in [5.74, 6) is 0. The highest BCUT2D eigenvalue weighted by atomic mass is 79.9. The van der Waals surface area contributed by atoms with E-state index in [1.54, 1.807) is 12.4 Å². The Morgan fingerprint density at radius 2 is 2.00 bits per heavy atom. The van der Waals surface area contributed by atoms with Crippen LogP contribution in [-0.2, 0) is 0 Å². The molecule has 0 saturated heterocycles. The highest BCUT2D eigenvalue weighted by Crippen LogP contribution is 2.28. The lowest BCUT2D eigenvalue weighted by atomic mass is 10.2. The van der Waals surface area contributed by atoms with Gasteiger partial charge in [-0.15, -0.1) is 0 Å². The Bertz CT molecular complexity index is 512. The van der Waals surface area contributed by atoms with Crippen molar-refractivity contribution in [3.8, 4) is 0 Å². The smallest absolute Gasteiger partial charge is 0.0582 e. The Kier molecular flexibility index (Phi) is 3.61. The average Bonchev–Trinajstić information content (AvgIpc) is 2.25. The van der Waals surface area contributed by atoms with Crippen LogP contribution in [0.2, 0.25) is 0 Å². The molecule has 0 bridgehead atoms. The maximum atomic E-state index is 4.11. The van der Waals surface area contributed by atoms with Crippen molar-refractivity contribution in [2.24, 2.45) is 0 Å². The molecule has 0 unspecified atom stereocenters. The Morgan fingerprint density at radius 3 is 2.75 bits per heavy atom. The van der Waals surface area contributed by atoms with Crippen molar-refractivity contribution in [1.82, 2.24) is 4.98 Å². The zero-order valence-electron chi connectivity index (χ0n) is 8.67. The summed E-state index contributed by atoms with van der Waals surface area (Å²) < 4.78 is 2.04. The fourth-order valence-corrected chi connectivity index (χ4v) is 2.11. The minimum Gasteiger partial charge on any atom is -0.353 e. The van der Waals surface area contributed by atoms with Crippen molar-refractivity contribution in [2.75, 3.05) is 5.32 Å². The molecule has 0 amide bonds. The van der Waals surface area contributed by atoms with Gasteiger partial charge in [0, 0.05) is 15.1 Å². The van der Waals surface area contributed by atoms with E-state index in [0.717, 1.165) is 20.3 Å². The summed E-state index contributed by atoms with van der Waals surface area (Å²) >= 11 is 6.96. The third kappa shape index (κ3) is 2.62. The van der Waals surface area contributed by atoms with Crippen LogP contribution in [0.1, 0.15) is 5.56 Å². The third-order valence-electron chi connectivity index (χ3n) is 2.18. The molecule has 0 aliphatic heterocycles. The van der Waals surface area contributed by atoms with Gasteiger partial charge < -0.3 is 5.32 Å². The van der Waals surface area contributed by atoms with Crippen LogP contribution in [0.15, 0.2) is 45.6 Å². The van der Waals surface area contributed by atoms with Gasteiger partial charge in [-0.3, -0.25) is 4.98 Å². The van der Waals surface area contributed by atoms with E-state index in [2.05, 4.69) is 55.2 Å². The zero-order valence-corrected chi connectivity index (χ0v) is 11.8. The minimum atomic E-state index is 0.959. The molecule has 0 saturated carbocycles. The van der Waals surface area contributed by atoms with E-state index in [-0.39, 0.29) is 0 Å². The van der Waals surface area contributed by atoms with Crippen molar-refractivity contribution >= 4 is 43.2 Å². The first-order valence-corrected chi connectivity index (χ1v) is 6.38. The molecule has 1 N–H and O–H groups in total. The van der Waals surface area contributed by atoms with E-state index >= 15 is 0 Å². The predicted octanol–water partition coefficient (Wildman–Crippen LogP) is 4.66. The van der Waals surface area contributed by atoms with Crippen LogP contribution in [0.4, 0.5) is 11.4 Å². The van der Waals surface area contributed by atoms with Gasteiger partial charge in [-0.1, -0.05) is 12.1 Å². The number of aryl methyl sites for hydroxylation is 1. The van der Waals surface area contributed by atoms with E-state index < -0.39 is 0 Å². The van der Waals surface area contributed by atoms with Crippen LogP contribution in [0.5, 0.6) is 0 Å². The average molecular weight is 342 g/mol. The fraction of sp³-hybridized carbons (Fsp3) is 0.0833. The second kappa shape index (κ2) is 4.97. The highest BCUT2D eigenvalue weighted by Gasteiger charge is 2.02. The van der Waals surface area contributed by atoms with E-state index in [0.29, 0.717) is 0 Å². The number of nitrogens with one attached hydrogen (secondary N) is 1. The van der Waals surface area contributed by atoms with Gasteiger partial charge in [0.05, 0.1) is 17.6 Å². The van der Waals surface area contributed by atoms with Crippen LogP contribution >= 0.6 is 31.9 Å². The molecule has 0 aliphatic rings. The first-order valence-electron chi connectivity index (χ1n) is 4.79. The van der Waals surface area contributed by atoms with Gasteiger partial charge in [-0.05, 0) is 56.5 Å². The molecular weight excluding hydrogens is 332 g/mol. The molecule has 0 radical (unpaired) electrons. The normalized spacial score (nSPS) is 10.2. The first kappa shape index (κ1) is 11.6. The minimum absolute atomic E-state index is 0.959. The molecule has 2 nitrogen and oxygen atoms in total. The monoisotopic (exact) mass is 340 g/mol. The topological polar surface area (TPSA) is 24.9 Å². The van der Waals surface area contributed by atoms with Gasteiger partial charge in [0.1, 0.15) is 0 Å². The molecule has 1 heterocycles. The Hall–Kier alpha value is -0.870. The van der Waals surface area contributed by atoms with Crippen molar-refractivity contribution in [2.45, 2.75) is 6.92 Å². The zero-order chi connectivity index (χ0) is 11.5. The molecule has 16 heavy (non-hydrogen) atoms. The molecule has 0 fully saturated rings. The first-order chi connectivity index (χ1) is 7.66. The summed E-state index contributed by atoms with van der Waals surface area (Å²) in [4.78, 5) is 4.11. The van der Waals surface area contributed by atoms with Crippen LogP contribution in [0.3, 0.4) is 0 Å². The number of halogens is 2. The van der Waals surface area contributed by atoms with E-state index in [9.17, 15) is 0 Å². The number of benzene rings is 1. The summed E-state index contributed by atoms with van der Waals surface area (Å²) in [5, 5.41) is 3.31. The number of pyridine rings is 1. The molecule has 0 spiro atoms. The Labute approximate surface area is 111 Å². The molecule has 2 rings (SSSR count). The van der Waals surface area contributed by atoms with Crippen molar-refractivity contribution in [1.29, 1.82) is 0 Å². The summed E-state index contributed by atoms with van der Waals surface area (Å²) in [6, 6.07) is 8.10. The molecule has 1 aromatic heterocycles. The quantitative estimate of drug-likeness (QED) is 0.859. The Morgan fingerprint density at radius 1 is 1.19 bits per heavy atom. The summed E-state index contributed by atoms with van der Waals surface area (Å²) in [5.41, 5.74) is 3.20. The largest absolute Gasteiger partial charge is 0.353 e. The molecule has 82 valence electrons. The maximum Gasteiger partial charge on any atom is 0.0582 e. The van der Waals surface area contributed by atoms with E-state index in [1.165, 1.54) is 5.56 Å². The maximum absolute atomic E-state index is 4.11. The lowest BCUT2D eigenvalue weighted by molar-refractivity contribution is 1.30. The number of hydrogen-bond donors (Lipinski definition) is 1. The highest BCUT2D eigenvalue weighted by molar-refractivity contribution is 9.11. The van der Waals surface area contributed by atoms with Gasteiger partial charge in [0.15, 0.2) is 0 Å². The lowest BCUT2D eigenvalue weighted by Gasteiger charge is -2.09. The Balaban J connectivity index is 2.31. The third-order valence-corrected chi connectivity index (χ3v) is 3.66. The fourth-order valence-electron chi connectivity index (χ4n) is 1.38. The van der Waals surface area contributed by atoms with E-state index in [4.69, 9.17) is 0 Å². The standard InChI is InChI=1S/C12H10Br2N2/c1-8-3-2-4-11(12(8)14)16-10-5-9(13)6-15-7-10/h2-7,16H,1H3. The van der Waals surface area contributed by atoms with Crippen LogP contribution in [-0.4, -0.2) is 4.98 Å². The van der Waals surface area contributed by atoms with E-state index in [1.807, 2.05) is 18.2 Å². The van der Waals surface area contributed by atoms with Crippen LogP contribution < -0.4 is 5.32 Å². The number of aromatic nitrogens is 1. The number of rotatable bonds is 2. The second-order valence-electron chi connectivity index (χ2n) is 3.45. The molecule has 1 aromatic carbocycles. The second-order valence-corrected chi connectivity index (χ2v) is 5.16. The number of nitrogens with zero attached hydrogens (tertiary/aromatic N) is 1. The molecule has 0 atom stereocenters. The SMILES string of the molecule is Cc1cccc(Nc2cncc(Br)c2)c1Br. The van der Waals surface area contributed by atoms with Crippen molar-refractivity contribution in [3.05, 3.63) is 51.2 Å². The summed E-state index contributed by atoms with van der Waals surface area (Å²) in [7, 11) is 0. The van der Waals surface area contributed by atoms with Gasteiger partial charge >= 0.3 is 0 Å². The van der Waals surface area contributed by atoms with Crippen LogP contribution in [0.25, 0.3) is 0 Å². The number of hydrogen-bond acceptors (Lipinski definition) is 2. The van der Waals surface area contributed by atoms with Crippen LogP contribution in [0, 0.1) is 6.92 Å². The van der Waals surface area contributed by atoms with Gasteiger partial charge in [-0.25, -0.2) is 0 Å². The molecule has 0 aliphatic carbocycles. The number of anilines is 2. The summed E-state index contributed by atoms with van der Waals surface area (Å²) in [6.07, 6.45) is 3.55. The lowest BCUT2D eigenvalue weighted by Crippen LogP contribution is -1.93. The summed E-state index contributed by atoms with van der Waals surface area (Å²) in [6.45, 7) is 2.06. The molecule has 4 heteroatoms. The van der Waals surface area contributed by atoms with Gasteiger partial charge in [0.2, 0.25) is 0 Å². The van der Waals surface area contributed by atoms with Gasteiger partial charge in [0.25, 0.3) is 0 Å². The predicted molar refractivity (Wildman–Crippen MR) is 74.1 cm³/mol. The van der Waals surface area contributed by atoms with Crippen molar-refractivity contribution in [3.63, 3.8) is 0 Å². The molecular formula is C12H10Br2N2.